The number of rotatable bonds is 4. The number of thiazole rings is 1. The quantitative estimate of drug-likeness (QED) is 0.293. The van der Waals surface area contributed by atoms with Crippen LogP contribution in [0.25, 0.3) is 16.3 Å². The van der Waals surface area contributed by atoms with Gasteiger partial charge in [0, 0.05) is 12.1 Å². The average Bonchev–Trinajstić information content (AvgIpc) is 2.97. The molecule has 2 aromatic carbocycles. The molecule has 7 heteroatoms. The average molecular weight is 339 g/mol. The van der Waals surface area contributed by atoms with Crippen LogP contribution < -0.4 is 0 Å². The van der Waals surface area contributed by atoms with E-state index in [1.54, 1.807) is 18.2 Å². The summed E-state index contributed by atoms with van der Waals surface area (Å²) in [4.78, 5) is 15.2. The zero-order valence-corrected chi connectivity index (χ0v) is 13.3. The highest BCUT2D eigenvalue weighted by Crippen LogP contribution is 2.34. The molecule has 0 amide bonds. The Morgan fingerprint density at radius 3 is 2.65 bits per heavy atom. The molecule has 1 aromatic heterocycles. The molecule has 3 rings (SSSR count). The Balaban J connectivity index is 1.84. The third kappa shape index (κ3) is 3.56. The van der Waals surface area contributed by atoms with Gasteiger partial charge in [0.2, 0.25) is 0 Å². The van der Waals surface area contributed by atoms with Crippen LogP contribution in [-0.4, -0.2) is 9.91 Å². The van der Waals surface area contributed by atoms with E-state index in [9.17, 15) is 15.4 Å². The van der Waals surface area contributed by atoms with E-state index < -0.39 is 4.92 Å². The molecule has 0 aliphatic carbocycles. The van der Waals surface area contributed by atoms with Crippen LogP contribution in [-0.2, 0) is 0 Å². The minimum absolute atomic E-state index is 0.0273. The molecule has 5 nitrogen and oxygen atoms in total. The second-order valence-electron chi connectivity index (χ2n) is 4.52. The Bertz CT molecular complexity index is 907. The molecule has 23 heavy (non-hydrogen) atoms. The fourth-order valence-electron chi connectivity index (χ4n) is 1.92. The molecule has 0 aliphatic rings. The summed E-state index contributed by atoms with van der Waals surface area (Å²) in [5, 5.41) is 19.9. The molecular weight excluding hydrogens is 330 g/mol. The van der Waals surface area contributed by atoms with Crippen LogP contribution in [0.15, 0.2) is 57.8 Å². The number of nitriles is 1. The number of allylic oxidation sites excluding steroid dienone is 1. The predicted octanol–water partition coefficient (Wildman–Crippen LogP) is 4.86. The summed E-state index contributed by atoms with van der Waals surface area (Å²) >= 11 is 2.82. The molecule has 0 bridgehead atoms. The third-order valence-corrected chi connectivity index (χ3v) is 5.01. The normalized spacial score (nSPS) is 11.3. The van der Waals surface area contributed by atoms with E-state index in [1.807, 2.05) is 24.3 Å². The first-order valence-corrected chi connectivity index (χ1v) is 8.19. The molecule has 112 valence electrons. The van der Waals surface area contributed by atoms with Crippen LogP contribution in [0.4, 0.5) is 5.69 Å². The summed E-state index contributed by atoms with van der Waals surface area (Å²) in [5.41, 5.74) is 1.67. The number of para-hydroxylation sites is 1. The summed E-state index contributed by atoms with van der Waals surface area (Å²) in [6, 6.07) is 16.0. The Labute approximate surface area is 140 Å². The molecule has 1 heterocycles. The van der Waals surface area contributed by atoms with Gasteiger partial charge in [-0.15, -0.1) is 11.3 Å². The molecule has 3 aromatic rings. The first-order chi connectivity index (χ1) is 11.2. The van der Waals surface area contributed by atoms with Crippen molar-refractivity contribution in [3.8, 4) is 6.07 Å². The van der Waals surface area contributed by atoms with Crippen LogP contribution in [0.2, 0.25) is 0 Å². The van der Waals surface area contributed by atoms with Crippen LogP contribution in [0, 0.1) is 21.4 Å². The monoisotopic (exact) mass is 339 g/mol. The van der Waals surface area contributed by atoms with Crippen molar-refractivity contribution < 1.29 is 4.92 Å². The minimum Gasteiger partial charge on any atom is -0.258 e. The molecule has 0 fully saturated rings. The van der Waals surface area contributed by atoms with Gasteiger partial charge in [-0.1, -0.05) is 12.1 Å². The van der Waals surface area contributed by atoms with Crippen molar-refractivity contribution in [2.75, 3.05) is 0 Å². The fraction of sp³-hybridized carbons (Fsp3) is 0. The first kappa shape index (κ1) is 15.2. The van der Waals surface area contributed by atoms with Gasteiger partial charge in [0.15, 0.2) is 4.34 Å². The first-order valence-electron chi connectivity index (χ1n) is 6.55. The molecule has 0 radical (unpaired) electrons. The summed E-state index contributed by atoms with van der Waals surface area (Å²) < 4.78 is 1.86. The van der Waals surface area contributed by atoms with E-state index in [0.717, 1.165) is 20.1 Å². The highest BCUT2D eigenvalue weighted by molar-refractivity contribution is 8.05. The zero-order chi connectivity index (χ0) is 16.2. The number of hydrogen-bond acceptors (Lipinski definition) is 6. The third-order valence-electron chi connectivity index (χ3n) is 2.98. The topological polar surface area (TPSA) is 79.8 Å². The van der Waals surface area contributed by atoms with Crippen LogP contribution in [0.1, 0.15) is 5.56 Å². The predicted molar refractivity (Wildman–Crippen MR) is 92.2 cm³/mol. The summed E-state index contributed by atoms with van der Waals surface area (Å²) in [5.74, 6) is 0. The maximum Gasteiger partial charge on any atom is 0.269 e. The zero-order valence-electron chi connectivity index (χ0n) is 11.7. The van der Waals surface area contributed by atoms with Gasteiger partial charge in [0.25, 0.3) is 5.69 Å². The number of nitro benzene ring substituents is 1. The summed E-state index contributed by atoms with van der Waals surface area (Å²) in [6.45, 7) is 0. The molecule has 0 unspecified atom stereocenters. The van der Waals surface area contributed by atoms with Crippen molar-refractivity contribution in [2.24, 2.45) is 0 Å². The molecule has 0 spiro atoms. The van der Waals surface area contributed by atoms with Crippen molar-refractivity contribution >= 4 is 45.1 Å². The largest absolute Gasteiger partial charge is 0.269 e. The van der Waals surface area contributed by atoms with Gasteiger partial charge in [-0.05, 0) is 47.7 Å². The number of thioether (sulfide) groups is 1. The number of non-ortho nitro benzene ring substituents is 1. The van der Waals surface area contributed by atoms with Gasteiger partial charge in [-0.3, -0.25) is 10.1 Å². The lowest BCUT2D eigenvalue weighted by Gasteiger charge is -1.96. The van der Waals surface area contributed by atoms with E-state index in [4.69, 9.17) is 0 Å². The van der Waals surface area contributed by atoms with Crippen molar-refractivity contribution in [2.45, 2.75) is 4.34 Å². The molecule has 0 atom stereocenters. The van der Waals surface area contributed by atoms with E-state index in [-0.39, 0.29) is 5.69 Å². The Hall–Kier alpha value is -2.69. The number of benzene rings is 2. The number of nitrogens with zero attached hydrogens (tertiary/aromatic N) is 3. The van der Waals surface area contributed by atoms with Gasteiger partial charge in [-0.25, -0.2) is 4.98 Å². The Kier molecular flexibility index (Phi) is 4.37. The van der Waals surface area contributed by atoms with Gasteiger partial charge >= 0.3 is 0 Å². The fourth-order valence-corrected chi connectivity index (χ4v) is 3.89. The van der Waals surface area contributed by atoms with Gasteiger partial charge in [-0.2, -0.15) is 5.26 Å². The lowest BCUT2D eigenvalue weighted by Crippen LogP contribution is -1.86. The number of aromatic nitrogens is 1. The lowest BCUT2D eigenvalue weighted by molar-refractivity contribution is -0.384. The smallest absolute Gasteiger partial charge is 0.258 e. The van der Waals surface area contributed by atoms with E-state index >= 15 is 0 Å². The highest BCUT2D eigenvalue weighted by Gasteiger charge is 2.08. The van der Waals surface area contributed by atoms with Crippen LogP contribution >= 0.6 is 23.1 Å². The van der Waals surface area contributed by atoms with E-state index in [0.29, 0.717) is 4.91 Å². The van der Waals surface area contributed by atoms with Crippen molar-refractivity contribution in [3.63, 3.8) is 0 Å². The van der Waals surface area contributed by atoms with Gasteiger partial charge in [0.1, 0.15) is 6.07 Å². The lowest BCUT2D eigenvalue weighted by atomic mass is 10.2. The molecule has 0 N–H and O–H groups in total. The maximum atomic E-state index is 10.6. The SMILES string of the molecule is N#C/C(=C\c1ccc([N+](=O)[O-])cc1)Sc1nc2ccccc2s1. The maximum absolute atomic E-state index is 10.6. The van der Waals surface area contributed by atoms with Crippen molar-refractivity contribution in [1.29, 1.82) is 5.26 Å². The number of nitro groups is 1. The second kappa shape index (κ2) is 6.60. The molecule has 0 saturated heterocycles. The number of hydrogen-bond donors (Lipinski definition) is 0. The van der Waals surface area contributed by atoms with Crippen molar-refractivity contribution in [3.05, 3.63) is 69.1 Å². The summed E-state index contributed by atoms with van der Waals surface area (Å²) in [6.07, 6.45) is 1.69. The number of fused-ring (bicyclic) bond motifs is 1. The Morgan fingerprint density at radius 1 is 1.26 bits per heavy atom. The van der Waals surface area contributed by atoms with E-state index in [1.165, 1.54) is 35.2 Å². The van der Waals surface area contributed by atoms with Gasteiger partial charge < -0.3 is 0 Å². The molecule has 0 aliphatic heterocycles. The van der Waals surface area contributed by atoms with E-state index in [2.05, 4.69) is 11.1 Å². The van der Waals surface area contributed by atoms with Crippen LogP contribution in [0.5, 0.6) is 0 Å². The minimum atomic E-state index is -0.450. The Morgan fingerprint density at radius 2 is 2.00 bits per heavy atom. The molecular formula is C16H9N3O2S2. The highest BCUT2D eigenvalue weighted by atomic mass is 32.2. The second-order valence-corrected chi connectivity index (χ2v) is 6.84. The standard InChI is InChI=1S/C16H9N3O2S2/c17-10-13(9-11-5-7-12(8-6-11)19(20)21)22-16-18-14-3-1-2-4-15(14)23-16/h1-9H/b13-9+. The van der Waals surface area contributed by atoms with Gasteiger partial charge in [0.05, 0.1) is 20.0 Å². The molecule has 0 saturated carbocycles. The van der Waals surface area contributed by atoms with Crippen molar-refractivity contribution in [1.82, 2.24) is 4.98 Å². The summed E-state index contributed by atoms with van der Waals surface area (Å²) in [7, 11) is 0. The van der Waals surface area contributed by atoms with Crippen LogP contribution in [0.3, 0.4) is 0 Å².